The Kier molecular flexibility index (Phi) is 6.60. The molecule has 4 heteroatoms. The minimum absolute atomic E-state index is 0.860. The van der Waals surface area contributed by atoms with Gasteiger partial charge in [-0.15, -0.1) is 0 Å². The summed E-state index contributed by atoms with van der Waals surface area (Å²) in [6.45, 7) is 0. The summed E-state index contributed by atoms with van der Waals surface area (Å²) in [7, 11) is 0. The van der Waals surface area contributed by atoms with Crippen LogP contribution in [0.3, 0.4) is 0 Å². The number of furan rings is 2. The number of fused-ring (bicyclic) bond motifs is 10. The molecular formula is C52H32N2O2. The smallest absolute Gasteiger partial charge is 0.138 e. The molecule has 4 nitrogen and oxygen atoms in total. The Morgan fingerprint density at radius 2 is 0.982 bits per heavy atom. The van der Waals surface area contributed by atoms with Crippen molar-refractivity contribution in [2.75, 3.05) is 4.90 Å². The molecule has 0 saturated carbocycles. The van der Waals surface area contributed by atoms with E-state index in [-0.39, 0.29) is 0 Å². The fourth-order valence-corrected chi connectivity index (χ4v) is 8.87. The van der Waals surface area contributed by atoms with Gasteiger partial charge in [0.1, 0.15) is 22.3 Å². The van der Waals surface area contributed by atoms with Gasteiger partial charge in [0, 0.05) is 72.8 Å². The maximum atomic E-state index is 6.70. The van der Waals surface area contributed by atoms with Crippen molar-refractivity contribution in [1.82, 2.24) is 4.57 Å². The molecule has 9 aromatic carbocycles. The van der Waals surface area contributed by atoms with Crippen molar-refractivity contribution >= 4 is 93.5 Å². The van der Waals surface area contributed by atoms with Crippen LogP contribution in [0.5, 0.6) is 0 Å². The van der Waals surface area contributed by atoms with E-state index in [2.05, 4.69) is 185 Å². The molecule has 0 saturated heterocycles. The Bertz CT molecular complexity index is 3480. The molecule has 0 amide bonds. The average molecular weight is 717 g/mol. The summed E-state index contributed by atoms with van der Waals surface area (Å²) >= 11 is 0. The van der Waals surface area contributed by atoms with Gasteiger partial charge in [-0.1, -0.05) is 115 Å². The van der Waals surface area contributed by atoms with Gasteiger partial charge >= 0.3 is 0 Å². The third-order valence-corrected chi connectivity index (χ3v) is 11.3. The summed E-state index contributed by atoms with van der Waals surface area (Å²) in [6.07, 6.45) is 0. The predicted molar refractivity (Wildman–Crippen MR) is 233 cm³/mol. The number of para-hydroxylation sites is 4. The molecule has 56 heavy (non-hydrogen) atoms. The van der Waals surface area contributed by atoms with Crippen molar-refractivity contribution < 1.29 is 8.83 Å². The highest BCUT2D eigenvalue weighted by Gasteiger charge is 2.24. The van der Waals surface area contributed by atoms with E-state index in [4.69, 9.17) is 8.83 Å². The lowest BCUT2D eigenvalue weighted by molar-refractivity contribution is 0.668. The fraction of sp³-hybridized carbons (Fsp3) is 0. The zero-order valence-corrected chi connectivity index (χ0v) is 30.2. The number of benzene rings is 9. The monoisotopic (exact) mass is 716 g/mol. The van der Waals surface area contributed by atoms with E-state index in [1.54, 1.807) is 0 Å². The average Bonchev–Trinajstić information content (AvgIpc) is 3.92. The first-order valence-corrected chi connectivity index (χ1v) is 19.0. The van der Waals surface area contributed by atoms with Crippen LogP contribution in [0, 0.1) is 0 Å². The second-order valence-electron chi connectivity index (χ2n) is 14.5. The number of hydrogen-bond donors (Lipinski definition) is 0. The Morgan fingerprint density at radius 1 is 0.357 bits per heavy atom. The van der Waals surface area contributed by atoms with Crippen LogP contribution in [0.15, 0.2) is 203 Å². The van der Waals surface area contributed by atoms with Gasteiger partial charge in [-0.3, -0.25) is 0 Å². The number of hydrogen-bond acceptors (Lipinski definition) is 3. The highest BCUT2D eigenvalue weighted by molar-refractivity contribution is 6.27. The van der Waals surface area contributed by atoms with Crippen molar-refractivity contribution in [3.63, 3.8) is 0 Å². The van der Waals surface area contributed by atoms with Crippen LogP contribution < -0.4 is 4.90 Å². The molecule has 0 bridgehead atoms. The molecule has 0 fully saturated rings. The molecule has 0 aliphatic carbocycles. The van der Waals surface area contributed by atoms with E-state index in [9.17, 15) is 0 Å². The largest absolute Gasteiger partial charge is 0.456 e. The van der Waals surface area contributed by atoms with Gasteiger partial charge < -0.3 is 18.3 Å². The minimum Gasteiger partial charge on any atom is -0.456 e. The molecule has 0 spiro atoms. The van der Waals surface area contributed by atoms with Gasteiger partial charge in [0.2, 0.25) is 0 Å². The minimum atomic E-state index is 0.860. The molecular weight excluding hydrogens is 685 g/mol. The first-order valence-electron chi connectivity index (χ1n) is 19.0. The van der Waals surface area contributed by atoms with Gasteiger partial charge in [0.05, 0.1) is 11.0 Å². The van der Waals surface area contributed by atoms with E-state index in [0.717, 1.165) is 83.2 Å². The molecule has 3 heterocycles. The van der Waals surface area contributed by atoms with Crippen LogP contribution in [0.2, 0.25) is 0 Å². The number of anilines is 3. The highest BCUT2D eigenvalue weighted by atomic mass is 16.3. The summed E-state index contributed by atoms with van der Waals surface area (Å²) in [6, 6.07) is 69.0. The van der Waals surface area contributed by atoms with Crippen molar-refractivity contribution in [3.05, 3.63) is 194 Å². The maximum Gasteiger partial charge on any atom is 0.138 e. The van der Waals surface area contributed by atoms with E-state index in [0.29, 0.717) is 0 Å². The lowest BCUT2D eigenvalue weighted by Crippen LogP contribution is -2.09. The van der Waals surface area contributed by atoms with E-state index >= 15 is 0 Å². The van der Waals surface area contributed by atoms with Gasteiger partial charge in [-0.25, -0.2) is 0 Å². The van der Waals surface area contributed by atoms with E-state index in [1.807, 2.05) is 18.2 Å². The first kappa shape index (κ1) is 30.9. The summed E-state index contributed by atoms with van der Waals surface area (Å²) in [4.78, 5) is 2.32. The number of rotatable bonds is 5. The summed E-state index contributed by atoms with van der Waals surface area (Å²) in [5.41, 5.74) is 12.2. The third kappa shape index (κ3) is 4.60. The Labute approximate surface area is 321 Å². The molecule has 12 rings (SSSR count). The Hall–Kier alpha value is -7.56. The second-order valence-corrected chi connectivity index (χ2v) is 14.5. The zero-order chi connectivity index (χ0) is 36.7. The predicted octanol–water partition coefficient (Wildman–Crippen LogP) is 14.9. The first-order chi connectivity index (χ1) is 27.8. The molecule has 0 radical (unpaired) electrons. The summed E-state index contributed by atoms with van der Waals surface area (Å²) in [5.74, 6) is 0. The fourth-order valence-electron chi connectivity index (χ4n) is 8.87. The van der Waals surface area contributed by atoms with Crippen LogP contribution in [-0.2, 0) is 0 Å². The SMILES string of the molecule is c1ccc(N(c2ccc3c(c2)oc2ccccc23)c2ccc3c4c(-c5ccc6ccccc6c5)c5c(cc4n(-c4ccccc4)c3c2)oc2ccccc25)cc1. The molecule has 0 atom stereocenters. The van der Waals surface area contributed by atoms with Crippen molar-refractivity contribution in [1.29, 1.82) is 0 Å². The molecule has 12 aromatic rings. The van der Waals surface area contributed by atoms with Crippen LogP contribution >= 0.6 is 0 Å². The van der Waals surface area contributed by atoms with Crippen molar-refractivity contribution in [3.8, 4) is 16.8 Å². The van der Waals surface area contributed by atoms with Crippen LogP contribution in [0.1, 0.15) is 0 Å². The topological polar surface area (TPSA) is 34.5 Å². The molecule has 0 N–H and O–H groups in total. The summed E-state index contributed by atoms with van der Waals surface area (Å²) < 4.78 is 15.5. The normalized spacial score (nSPS) is 11.9. The van der Waals surface area contributed by atoms with E-state index < -0.39 is 0 Å². The van der Waals surface area contributed by atoms with Gasteiger partial charge in [-0.05, 0) is 83.1 Å². The van der Waals surface area contributed by atoms with Gasteiger partial charge in [0.15, 0.2) is 0 Å². The zero-order valence-electron chi connectivity index (χ0n) is 30.2. The Balaban J connectivity index is 1.18. The van der Waals surface area contributed by atoms with Crippen LogP contribution in [0.25, 0.3) is 93.3 Å². The number of nitrogens with zero attached hydrogens (tertiary/aromatic N) is 2. The summed E-state index contributed by atoms with van der Waals surface area (Å²) in [5, 5.41) is 9.26. The van der Waals surface area contributed by atoms with Crippen LogP contribution in [0.4, 0.5) is 17.1 Å². The van der Waals surface area contributed by atoms with Crippen molar-refractivity contribution in [2.45, 2.75) is 0 Å². The van der Waals surface area contributed by atoms with Crippen LogP contribution in [-0.4, -0.2) is 4.57 Å². The third-order valence-electron chi connectivity index (χ3n) is 11.3. The highest BCUT2D eigenvalue weighted by Crippen LogP contribution is 2.48. The number of aromatic nitrogens is 1. The maximum absolute atomic E-state index is 6.70. The quantitative estimate of drug-likeness (QED) is 0.178. The second kappa shape index (κ2) is 12.0. The molecule has 0 aliphatic rings. The molecule has 3 aromatic heterocycles. The lowest BCUT2D eigenvalue weighted by atomic mass is 9.93. The molecule has 262 valence electrons. The molecule has 0 aliphatic heterocycles. The van der Waals surface area contributed by atoms with Gasteiger partial charge in [-0.2, -0.15) is 0 Å². The molecule has 0 unspecified atom stereocenters. The Morgan fingerprint density at radius 3 is 1.80 bits per heavy atom. The lowest BCUT2D eigenvalue weighted by Gasteiger charge is -2.25. The van der Waals surface area contributed by atoms with Crippen molar-refractivity contribution in [2.24, 2.45) is 0 Å². The standard InChI is InChI=1S/C52H32N2O2/c1-3-15-36(16-4-1)53(39-25-27-41-40-19-9-11-21-46(40)55-48(41)31-39)38-26-28-42-44(30-38)54(37-17-5-2-6-18-37)45-32-49-52(43-20-10-12-22-47(43)56-49)50(51(42)45)35-24-23-33-13-7-8-14-34(33)29-35/h1-32H. The van der Waals surface area contributed by atoms with E-state index in [1.165, 1.54) is 27.1 Å². The van der Waals surface area contributed by atoms with Gasteiger partial charge in [0.25, 0.3) is 0 Å².